The summed E-state index contributed by atoms with van der Waals surface area (Å²) >= 11 is 5.29. The first kappa shape index (κ1) is 14.3. The van der Waals surface area contributed by atoms with Crippen LogP contribution in [0.1, 0.15) is 5.56 Å². The van der Waals surface area contributed by atoms with Crippen LogP contribution in [0.2, 0.25) is 0 Å². The van der Waals surface area contributed by atoms with Crippen LogP contribution < -0.4 is 10.2 Å². The number of benzene rings is 1. The number of aromatic amines is 1. The molecule has 0 spiro atoms. The molecular formula is C15H15N5OS. The second kappa shape index (κ2) is 6.40. The van der Waals surface area contributed by atoms with Gasteiger partial charge in [0.1, 0.15) is 5.75 Å². The van der Waals surface area contributed by atoms with Gasteiger partial charge < -0.3 is 10.2 Å². The summed E-state index contributed by atoms with van der Waals surface area (Å²) in [6.45, 7) is 0.587. The van der Waals surface area contributed by atoms with Crippen LogP contribution in [0.5, 0.6) is 5.75 Å². The molecule has 2 aromatic heterocycles. The molecule has 22 heavy (non-hydrogen) atoms. The van der Waals surface area contributed by atoms with Crippen LogP contribution in [0.3, 0.4) is 0 Å². The van der Waals surface area contributed by atoms with Crippen molar-refractivity contribution >= 4 is 12.2 Å². The third-order valence-corrected chi connectivity index (χ3v) is 3.46. The number of H-pyrrole nitrogens is 1. The number of aromatic nitrogens is 4. The Kier molecular flexibility index (Phi) is 4.15. The van der Waals surface area contributed by atoms with Crippen molar-refractivity contribution in [1.29, 1.82) is 0 Å². The van der Waals surface area contributed by atoms with Gasteiger partial charge in [-0.3, -0.25) is 4.98 Å². The molecule has 2 heterocycles. The van der Waals surface area contributed by atoms with E-state index in [9.17, 15) is 0 Å². The number of methoxy groups -OCH3 is 1. The summed E-state index contributed by atoms with van der Waals surface area (Å²) in [5, 5.41) is 7.10. The molecule has 0 saturated carbocycles. The Labute approximate surface area is 132 Å². The number of hydrogen-bond acceptors (Lipinski definition) is 5. The Morgan fingerprint density at radius 3 is 2.91 bits per heavy atom. The third-order valence-electron chi connectivity index (χ3n) is 3.18. The van der Waals surface area contributed by atoms with E-state index in [4.69, 9.17) is 17.0 Å². The number of rotatable bonds is 5. The van der Waals surface area contributed by atoms with E-state index in [1.807, 2.05) is 36.4 Å². The molecule has 0 aliphatic heterocycles. The Balaban J connectivity index is 1.93. The molecule has 0 amide bonds. The molecule has 0 saturated heterocycles. The fourth-order valence-electron chi connectivity index (χ4n) is 2.13. The highest BCUT2D eigenvalue weighted by Gasteiger charge is 2.13. The van der Waals surface area contributed by atoms with E-state index in [-0.39, 0.29) is 0 Å². The fourth-order valence-corrected chi connectivity index (χ4v) is 2.32. The molecule has 2 N–H and O–H groups in total. The lowest BCUT2D eigenvalue weighted by Gasteiger charge is -2.12. The lowest BCUT2D eigenvalue weighted by molar-refractivity contribution is 0.416. The number of hydrogen-bond donors (Lipinski definition) is 2. The van der Waals surface area contributed by atoms with Crippen LogP contribution in [0.25, 0.3) is 11.4 Å². The number of nitrogens with zero attached hydrogens (tertiary/aromatic N) is 3. The van der Waals surface area contributed by atoms with Crippen LogP contribution in [0.15, 0.2) is 48.8 Å². The van der Waals surface area contributed by atoms with Gasteiger partial charge in [-0.2, -0.15) is 5.10 Å². The smallest absolute Gasteiger partial charge is 0.214 e. The van der Waals surface area contributed by atoms with Crippen molar-refractivity contribution in [1.82, 2.24) is 19.9 Å². The highest BCUT2D eigenvalue weighted by atomic mass is 32.1. The Hall–Kier alpha value is -2.67. The zero-order valence-electron chi connectivity index (χ0n) is 12.0. The molecule has 0 aliphatic carbocycles. The lowest BCUT2D eigenvalue weighted by Crippen LogP contribution is -2.16. The van der Waals surface area contributed by atoms with Gasteiger partial charge >= 0.3 is 0 Å². The van der Waals surface area contributed by atoms with E-state index in [2.05, 4.69) is 20.6 Å². The van der Waals surface area contributed by atoms with E-state index in [1.54, 1.807) is 24.2 Å². The van der Waals surface area contributed by atoms with Crippen molar-refractivity contribution in [2.24, 2.45) is 0 Å². The first-order valence-electron chi connectivity index (χ1n) is 6.73. The van der Waals surface area contributed by atoms with Crippen molar-refractivity contribution in [2.75, 3.05) is 12.5 Å². The van der Waals surface area contributed by atoms with E-state index >= 15 is 0 Å². The molecule has 0 fully saturated rings. The average molecular weight is 313 g/mol. The largest absolute Gasteiger partial charge is 0.496 e. The first-order valence-corrected chi connectivity index (χ1v) is 7.14. The van der Waals surface area contributed by atoms with Crippen molar-refractivity contribution in [3.05, 3.63) is 59.1 Å². The summed E-state index contributed by atoms with van der Waals surface area (Å²) in [4.78, 5) is 4.10. The average Bonchev–Trinajstić information content (AvgIpc) is 2.94. The fraction of sp³-hybridized carbons (Fsp3) is 0.133. The summed E-state index contributed by atoms with van der Waals surface area (Å²) in [6, 6.07) is 11.6. The van der Waals surface area contributed by atoms with E-state index in [1.165, 1.54) is 0 Å². The second-order valence-electron chi connectivity index (χ2n) is 4.58. The summed E-state index contributed by atoms with van der Waals surface area (Å²) in [7, 11) is 1.63. The third kappa shape index (κ3) is 2.84. The molecule has 0 radical (unpaired) electrons. The van der Waals surface area contributed by atoms with Gasteiger partial charge in [0.2, 0.25) is 4.77 Å². The molecule has 0 unspecified atom stereocenters. The van der Waals surface area contributed by atoms with Crippen LogP contribution >= 0.6 is 12.2 Å². The summed E-state index contributed by atoms with van der Waals surface area (Å²) in [5.41, 5.74) is 5.16. The minimum atomic E-state index is 0.491. The maximum Gasteiger partial charge on any atom is 0.214 e. The maximum atomic E-state index is 5.39. The predicted molar refractivity (Wildman–Crippen MR) is 86.7 cm³/mol. The number of ether oxygens (including phenoxy) is 1. The molecule has 0 aliphatic rings. The molecule has 3 rings (SSSR count). The quantitative estimate of drug-likeness (QED) is 0.709. The van der Waals surface area contributed by atoms with Crippen LogP contribution in [0, 0.1) is 4.77 Å². The van der Waals surface area contributed by atoms with Crippen LogP contribution in [0.4, 0.5) is 0 Å². The van der Waals surface area contributed by atoms with E-state index < -0.39 is 0 Å². The highest BCUT2D eigenvalue weighted by Crippen LogP contribution is 2.27. The summed E-state index contributed by atoms with van der Waals surface area (Å²) in [6.07, 6.45) is 3.55. The zero-order valence-corrected chi connectivity index (χ0v) is 12.8. The molecule has 112 valence electrons. The molecule has 3 aromatic rings. The van der Waals surface area contributed by atoms with Gasteiger partial charge in [-0.15, -0.1) is 0 Å². The maximum absolute atomic E-state index is 5.39. The van der Waals surface area contributed by atoms with Gasteiger partial charge in [-0.1, -0.05) is 18.2 Å². The SMILES string of the molecule is COc1ccccc1-c1n[nH]c(=S)n1NCc1cccnc1. The summed E-state index contributed by atoms with van der Waals surface area (Å²) < 4.78 is 7.61. The van der Waals surface area contributed by atoms with Crippen LogP contribution in [-0.2, 0) is 6.54 Å². The lowest BCUT2D eigenvalue weighted by atomic mass is 10.2. The summed E-state index contributed by atoms with van der Waals surface area (Å²) in [5.74, 6) is 1.41. The van der Waals surface area contributed by atoms with Gasteiger partial charge in [0, 0.05) is 12.4 Å². The van der Waals surface area contributed by atoms with Crippen LogP contribution in [-0.4, -0.2) is 27.0 Å². The first-order chi connectivity index (χ1) is 10.8. The molecular weight excluding hydrogens is 298 g/mol. The van der Waals surface area contributed by atoms with Crippen molar-refractivity contribution < 1.29 is 4.74 Å². The zero-order chi connectivity index (χ0) is 15.4. The van der Waals surface area contributed by atoms with Gasteiger partial charge in [0.25, 0.3) is 0 Å². The monoisotopic (exact) mass is 313 g/mol. The Bertz CT molecular complexity index is 812. The number of para-hydroxylation sites is 1. The number of nitrogens with one attached hydrogen (secondary N) is 2. The Morgan fingerprint density at radius 1 is 1.27 bits per heavy atom. The van der Waals surface area contributed by atoms with Gasteiger partial charge in [0.05, 0.1) is 19.2 Å². The molecule has 1 aromatic carbocycles. The van der Waals surface area contributed by atoms with Gasteiger partial charge in [-0.05, 0) is 36.0 Å². The van der Waals surface area contributed by atoms with Crippen molar-refractivity contribution in [3.8, 4) is 17.1 Å². The van der Waals surface area contributed by atoms with E-state index in [0.717, 1.165) is 16.9 Å². The molecule has 6 nitrogen and oxygen atoms in total. The highest BCUT2D eigenvalue weighted by molar-refractivity contribution is 7.71. The van der Waals surface area contributed by atoms with Gasteiger partial charge in [0.15, 0.2) is 5.82 Å². The topological polar surface area (TPSA) is 67.8 Å². The van der Waals surface area contributed by atoms with Crippen molar-refractivity contribution in [3.63, 3.8) is 0 Å². The molecule has 0 bridgehead atoms. The minimum absolute atomic E-state index is 0.491. The Morgan fingerprint density at radius 2 is 2.14 bits per heavy atom. The standard InChI is InChI=1S/C15H15N5OS/c1-21-13-7-3-2-6-12(13)14-18-19-15(22)20(14)17-10-11-5-4-8-16-9-11/h2-9,17H,10H2,1H3,(H,19,22). The second-order valence-corrected chi connectivity index (χ2v) is 4.97. The number of pyridine rings is 1. The van der Waals surface area contributed by atoms with Crippen molar-refractivity contribution in [2.45, 2.75) is 6.54 Å². The minimum Gasteiger partial charge on any atom is -0.496 e. The molecule has 0 atom stereocenters. The van der Waals surface area contributed by atoms with Gasteiger partial charge in [-0.25, -0.2) is 9.77 Å². The normalized spacial score (nSPS) is 10.4. The predicted octanol–water partition coefficient (Wildman–Crippen LogP) is 2.75. The van der Waals surface area contributed by atoms with E-state index in [0.29, 0.717) is 17.1 Å². The molecule has 7 heteroatoms.